The summed E-state index contributed by atoms with van der Waals surface area (Å²) >= 11 is 0. The van der Waals surface area contributed by atoms with Crippen molar-refractivity contribution in [2.24, 2.45) is 5.92 Å². The molecule has 5 nitrogen and oxygen atoms in total. The van der Waals surface area contributed by atoms with Crippen LogP contribution in [-0.4, -0.2) is 52.9 Å². The molecular weight excluding hydrogens is 530 g/mol. The van der Waals surface area contributed by atoms with Crippen LogP contribution in [0.15, 0.2) is 97.2 Å². The lowest BCUT2D eigenvalue weighted by Gasteiger charge is -2.32. The Kier molecular flexibility index (Phi) is 9.61. The number of benzene rings is 3. The van der Waals surface area contributed by atoms with Gasteiger partial charge in [0.1, 0.15) is 11.9 Å². The maximum absolute atomic E-state index is 13.2. The third kappa shape index (κ3) is 8.19. The second-order valence-corrected chi connectivity index (χ2v) is 12.4. The number of Topliss-reactive ketones (excluding diaryl/α,β-unsaturated/α-hetero) is 1. The van der Waals surface area contributed by atoms with Crippen molar-refractivity contribution in [1.82, 2.24) is 14.8 Å². The zero-order chi connectivity index (χ0) is 29.4. The highest BCUT2D eigenvalue weighted by Crippen LogP contribution is 2.26. The van der Waals surface area contributed by atoms with Crippen molar-refractivity contribution in [3.05, 3.63) is 119 Å². The first kappa shape index (κ1) is 29.3. The number of aryl methyl sites for hydroxylation is 1. The first-order valence-corrected chi connectivity index (χ1v) is 15.9. The summed E-state index contributed by atoms with van der Waals surface area (Å²) in [4.78, 5) is 22.7. The quantitative estimate of drug-likeness (QED) is 0.183. The number of hydrogen-bond acceptors (Lipinski definition) is 5. The number of carbonyl (C=O) groups excluding carboxylic acids is 1. The van der Waals surface area contributed by atoms with E-state index in [4.69, 9.17) is 4.74 Å². The fourth-order valence-electron chi connectivity index (χ4n) is 6.37. The average molecular weight is 574 g/mol. The summed E-state index contributed by atoms with van der Waals surface area (Å²) in [6.45, 7) is 8.21. The number of rotatable bonds is 10. The number of piperidine rings is 2. The van der Waals surface area contributed by atoms with Gasteiger partial charge in [-0.1, -0.05) is 72.3 Å². The molecule has 0 aliphatic carbocycles. The Bertz CT molecular complexity index is 1450. The number of nitrogens with zero attached hydrogens (tertiary/aromatic N) is 3. The van der Waals surface area contributed by atoms with E-state index in [1.165, 1.54) is 16.7 Å². The highest BCUT2D eigenvalue weighted by atomic mass is 16.5. The molecule has 0 bridgehead atoms. The van der Waals surface area contributed by atoms with Crippen molar-refractivity contribution >= 4 is 5.78 Å². The van der Waals surface area contributed by atoms with E-state index in [-0.39, 0.29) is 11.9 Å². The molecule has 3 aromatic carbocycles. The van der Waals surface area contributed by atoms with Crippen molar-refractivity contribution in [2.45, 2.75) is 58.2 Å². The van der Waals surface area contributed by atoms with Gasteiger partial charge in [-0.3, -0.25) is 19.6 Å². The molecule has 43 heavy (non-hydrogen) atoms. The summed E-state index contributed by atoms with van der Waals surface area (Å²) in [6.07, 6.45) is 6.80. The number of ether oxygens (including phenoxy) is 1. The van der Waals surface area contributed by atoms with Crippen LogP contribution in [0.1, 0.15) is 59.2 Å². The highest BCUT2D eigenvalue weighted by Gasteiger charge is 2.24. The summed E-state index contributed by atoms with van der Waals surface area (Å²) in [5, 5.41) is 0. The molecule has 222 valence electrons. The third-order valence-electron chi connectivity index (χ3n) is 9.02. The summed E-state index contributed by atoms with van der Waals surface area (Å²) < 4.78 is 6.38. The fourth-order valence-corrected chi connectivity index (χ4v) is 6.37. The maximum atomic E-state index is 13.2. The normalized spacial score (nSPS) is 17.1. The maximum Gasteiger partial charge on any atom is 0.163 e. The van der Waals surface area contributed by atoms with Gasteiger partial charge in [0.25, 0.3) is 0 Å². The van der Waals surface area contributed by atoms with Crippen LogP contribution in [0.2, 0.25) is 0 Å². The van der Waals surface area contributed by atoms with E-state index in [1.54, 1.807) is 0 Å². The lowest BCUT2D eigenvalue weighted by atomic mass is 9.89. The topological polar surface area (TPSA) is 45.7 Å². The second-order valence-electron chi connectivity index (χ2n) is 12.4. The monoisotopic (exact) mass is 573 g/mol. The van der Waals surface area contributed by atoms with E-state index in [2.05, 4.69) is 70.2 Å². The first-order valence-electron chi connectivity index (χ1n) is 15.9. The molecular formula is C38H43N3O2. The van der Waals surface area contributed by atoms with Gasteiger partial charge in [0.05, 0.1) is 5.69 Å². The molecule has 5 heteroatoms. The van der Waals surface area contributed by atoms with Gasteiger partial charge in [-0.25, -0.2) is 0 Å². The van der Waals surface area contributed by atoms with Crippen LogP contribution in [0.5, 0.6) is 5.75 Å². The van der Waals surface area contributed by atoms with Crippen LogP contribution >= 0.6 is 0 Å². The van der Waals surface area contributed by atoms with Gasteiger partial charge in [-0.05, 0) is 87.0 Å². The molecule has 1 aromatic heterocycles. The Labute approximate surface area is 256 Å². The van der Waals surface area contributed by atoms with Crippen LogP contribution in [-0.2, 0) is 13.1 Å². The minimum atomic E-state index is 0.186. The van der Waals surface area contributed by atoms with E-state index >= 15 is 0 Å². The second kappa shape index (κ2) is 14.1. The van der Waals surface area contributed by atoms with Gasteiger partial charge in [0, 0.05) is 49.9 Å². The molecule has 0 radical (unpaired) electrons. The number of hydrogen-bond donors (Lipinski definition) is 0. The Hall–Kier alpha value is -3.80. The highest BCUT2D eigenvalue weighted by molar-refractivity contribution is 5.96. The standard InChI is InChI=1S/C38H43N3O2/c1-29-8-10-31(11-9-29)27-40-21-16-30(17-22-40)25-38(42)34-5-4-6-36(26-34)43-35-18-23-41(24-19-35)28-32-12-14-33(15-13-32)37-7-2-3-20-39-37/h2-15,20,26,30,35H,16-19,21-25,27-28H2,1H3. The van der Waals surface area contributed by atoms with E-state index in [1.807, 2.05) is 48.7 Å². The first-order chi connectivity index (χ1) is 21.1. The smallest absolute Gasteiger partial charge is 0.163 e. The zero-order valence-corrected chi connectivity index (χ0v) is 25.3. The fraction of sp³-hybridized carbons (Fsp3) is 0.368. The van der Waals surface area contributed by atoms with Crippen LogP contribution in [0.3, 0.4) is 0 Å². The molecule has 0 spiro atoms. The molecule has 6 rings (SSSR count). The average Bonchev–Trinajstić information content (AvgIpc) is 3.05. The molecule has 2 aliphatic rings. The molecule has 3 heterocycles. The van der Waals surface area contributed by atoms with Crippen LogP contribution < -0.4 is 4.74 Å². The van der Waals surface area contributed by atoms with Gasteiger partial charge >= 0.3 is 0 Å². The predicted molar refractivity (Wildman–Crippen MR) is 173 cm³/mol. The minimum absolute atomic E-state index is 0.186. The van der Waals surface area contributed by atoms with Crippen molar-refractivity contribution in [3.8, 4) is 17.0 Å². The van der Waals surface area contributed by atoms with Crippen molar-refractivity contribution in [3.63, 3.8) is 0 Å². The molecule has 0 unspecified atom stereocenters. The SMILES string of the molecule is Cc1ccc(CN2CCC(CC(=O)c3cccc(OC4CCN(Cc5ccc(-c6ccccn6)cc5)CC4)c3)CC2)cc1. The molecule has 0 saturated carbocycles. The third-order valence-corrected chi connectivity index (χ3v) is 9.02. The van der Waals surface area contributed by atoms with Crippen LogP contribution in [0.4, 0.5) is 0 Å². The molecule has 4 aromatic rings. The largest absolute Gasteiger partial charge is 0.490 e. The predicted octanol–water partition coefficient (Wildman–Crippen LogP) is 7.59. The van der Waals surface area contributed by atoms with Gasteiger partial charge in [0.15, 0.2) is 5.78 Å². The van der Waals surface area contributed by atoms with E-state index < -0.39 is 0 Å². The Morgan fingerprint density at radius 1 is 0.767 bits per heavy atom. The zero-order valence-electron chi connectivity index (χ0n) is 25.3. The van der Waals surface area contributed by atoms with Gasteiger partial charge < -0.3 is 4.74 Å². The van der Waals surface area contributed by atoms with Gasteiger partial charge in [-0.15, -0.1) is 0 Å². The number of carbonyl (C=O) groups is 1. The molecule has 2 saturated heterocycles. The molecule has 0 amide bonds. The summed E-state index contributed by atoms with van der Waals surface area (Å²) in [5.74, 6) is 1.52. The Morgan fingerprint density at radius 3 is 2.07 bits per heavy atom. The molecule has 0 atom stereocenters. The lowest BCUT2D eigenvalue weighted by Crippen LogP contribution is -2.37. The summed E-state index contributed by atoms with van der Waals surface area (Å²) in [7, 11) is 0. The number of ketones is 1. The lowest BCUT2D eigenvalue weighted by molar-refractivity contribution is 0.0915. The minimum Gasteiger partial charge on any atom is -0.490 e. The van der Waals surface area contributed by atoms with E-state index in [0.717, 1.165) is 87.5 Å². The van der Waals surface area contributed by atoms with Crippen molar-refractivity contribution in [1.29, 1.82) is 0 Å². The Morgan fingerprint density at radius 2 is 1.42 bits per heavy atom. The van der Waals surface area contributed by atoms with Crippen molar-refractivity contribution < 1.29 is 9.53 Å². The molecule has 0 N–H and O–H groups in total. The van der Waals surface area contributed by atoms with Crippen LogP contribution in [0, 0.1) is 12.8 Å². The molecule has 2 fully saturated rings. The molecule has 2 aliphatic heterocycles. The van der Waals surface area contributed by atoms with Gasteiger partial charge in [-0.2, -0.15) is 0 Å². The van der Waals surface area contributed by atoms with E-state index in [9.17, 15) is 4.79 Å². The summed E-state index contributed by atoms with van der Waals surface area (Å²) in [5.41, 5.74) is 6.93. The van der Waals surface area contributed by atoms with Gasteiger partial charge in [0.2, 0.25) is 0 Å². The number of pyridine rings is 1. The van der Waals surface area contributed by atoms with Crippen molar-refractivity contribution in [2.75, 3.05) is 26.2 Å². The number of aromatic nitrogens is 1. The number of likely N-dealkylation sites (tertiary alicyclic amines) is 2. The van der Waals surface area contributed by atoms with E-state index in [0.29, 0.717) is 12.3 Å². The Balaban J connectivity index is 0.932. The van der Waals surface area contributed by atoms with Crippen LogP contribution in [0.25, 0.3) is 11.3 Å². The summed E-state index contributed by atoms with van der Waals surface area (Å²) in [6, 6.07) is 31.5.